The summed E-state index contributed by atoms with van der Waals surface area (Å²) in [6.45, 7) is 6.17. The molecule has 0 N–H and O–H groups in total. The molecule has 1 aromatic rings. The van der Waals surface area contributed by atoms with Crippen molar-refractivity contribution in [2.24, 2.45) is 17.3 Å². The SMILES string of the molecule is CCC1C[C@@H](CC[C@H](C)c2cncc(F)c2)CC(C)(C(C)(F)F)C1=O. The quantitative estimate of drug-likeness (QED) is 0.648. The Hall–Kier alpha value is -1.39. The number of carbonyl (C=O) groups is 1. The highest BCUT2D eigenvalue weighted by molar-refractivity contribution is 5.88. The number of hydrogen-bond donors (Lipinski definition) is 0. The molecule has 0 amide bonds. The van der Waals surface area contributed by atoms with Crippen molar-refractivity contribution in [2.75, 3.05) is 0 Å². The van der Waals surface area contributed by atoms with Gasteiger partial charge in [-0.15, -0.1) is 0 Å². The van der Waals surface area contributed by atoms with Crippen LogP contribution < -0.4 is 0 Å². The molecule has 1 heterocycles. The molecule has 0 saturated heterocycles. The molecule has 1 saturated carbocycles. The number of aromatic nitrogens is 1. The Bertz CT molecular complexity index is 613. The number of nitrogens with zero attached hydrogens (tertiary/aromatic N) is 1. The van der Waals surface area contributed by atoms with Crippen molar-refractivity contribution in [3.8, 4) is 0 Å². The second kappa shape index (κ2) is 7.46. The highest BCUT2D eigenvalue weighted by Gasteiger charge is 2.56. The van der Waals surface area contributed by atoms with Crippen LogP contribution in [0.25, 0.3) is 0 Å². The topological polar surface area (TPSA) is 30.0 Å². The van der Waals surface area contributed by atoms with Gasteiger partial charge in [-0.1, -0.05) is 13.8 Å². The minimum absolute atomic E-state index is 0.0856. The lowest BCUT2D eigenvalue weighted by Gasteiger charge is -2.44. The van der Waals surface area contributed by atoms with Gasteiger partial charge in [0.15, 0.2) is 0 Å². The highest BCUT2D eigenvalue weighted by Crippen LogP contribution is 2.50. The van der Waals surface area contributed by atoms with E-state index in [0.29, 0.717) is 12.8 Å². The van der Waals surface area contributed by atoms with E-state index in [9.17, 15) is 18.0 Å². The smallest absolute Gasteiger partial charge is 0.257 e. The normalized spacial score (nSPS) is 28.8. The van der Waals surface area contributed by atoms with E-state index in [1.165, 1.54) is 19.2 Å². The maximum Gasteiger partial charge on any atom is 0.257 e. The number of ketones is 1. The summed E-state index contributed by atoms with van der Waals surface area (Å²) in [5.74, 6) is -3.77. The Morgan fingerprint density at radius 1 is 1.40 bits per heavy atom. The molecule has 2 nitrogen and oxygen atoms in total. The van der Waals surface area contributed by atoms with E-state index >= 15 is 0 Å². The second-order valence-corrected chi connectivity index (χ2v) is 7.91. The molecule has 1 aliphatic rings. The van der Waals surface area contributed by atoms with Crippen molar-refractivity contribution in [3.05, 3.63) is 29.8 Å². The third-order valence-corrected chi connectivity index (χ3v) is 5.99. The lowest BCUT2D eigenvalue weighted by Crippen LogP contribution is -2.50. The van der Waals surface area contributed by atoms with Crippen LogP contribution in [0.5, 0.6) is 0 Å². The summed E-state index contributed by atoms with van der Waals surface area (Å²) in [6, 6.07) is 1.47. The number of alkyl halides is 2. The Morgan fingerprint density at radius 3 is 2.64 bits per heavy atom. The average molecular weight is 355 g/mol. The summed E-state index contributed by atoms with van der Waals surface area (Å²) < 4.78 is 41.6. The van der Waals surface area contributed by atoms with E-state index in [1.54, 1.807) is 6.20 Å². The van der Waals surface area contributed by atoms with Crippen LogP contribution in [0.2, 0.25) is 0 Å². The van der Waals surface area contributed by atoms with Crippen LogP contribution in [0.15, 0.2) is 18.5 Å². The third-order valence-electron chi connectivity index (χ3n) is 5.99. The second-order valence-electron chi connectivity index (χ2n) is 7.91. The van der Waals surface area contributed by atoms with Crippen LogP contribution in [0.3, 0.4) is 0 Å². The Labute approximate surface area is 148 Å². The summed E-state index contributed by atoms with van der Waals surface area (Å²) in [7, 11) is 0. The monoisotopic (exact) mass is 355 g/mol. The molecule has 0 spiro atoms. The molecule has 140 valence electrons. The molecule has 4 atom stereocenters. The predicted molar refractivity (Wildman–Crippen MR) is 92.1 cm³/mol. The van der Waals surface area contributed by atoms with Crippen LogP contribution >= 0.6 is 0 Å². The van der Waals surface area contributed by atoms with E-state index in [1.807, 2.05) is 13.8 Å². The largest absolute Gasteiger partial charge is 0.299 e. The summed E-state index contributed by atoms with van der Waals surface area (Å²) in [6.07, 6.45) is 5.85. The molecule has 1 aromatic heterocycles. The first kappa shape index (κ1) is 19.9. The van der Waals surface area contributed by atoms with Crippen molar-refractivity contribution in [1.82, 2.24) is 4.98 Å². The van der Waals surface area contributed by atoms with Crippen LogP contribution in [0.1, 0.15) is 71.3 Å². The molecule has 1 aliphatic carbocycles. The van der Waals surface area contributed by atoms with Crippen LogP contribution in [-0.4, -0.2) is 16.7 Å². The molecule has 1 fully saturated rings. The van der Waals surface area contributed by atoms with Gasteiger partial charge in [-0.05, 0) is 62.5 Å². The first-order valence-electron chi connectivity index (χ1n) is 9.11. The number of pyridine rings is 1. The molecular formula is C20H28F3NO. The third kappa shape index (κ3) is 4.24. The standard InChI is InChI=1S/C20H28F3NO/c1-5-15-8-14(10-19(3,18(15)25)20(4,22)23)7-6-13(2)16-9-17(21)12-24-11-16/h9,11-15H,5-8,10H2,1-4H3/t13-,14+,15?,19?/m0/s1. The fourth-order valence-corrected chi connectivity index (χ4v) is 4.04. The lowest BCUT2D eigenvalue weighted by atomic mass is 9.61. The number of halogens is 3. The minimum Gasteiger partial charge on any atom is -0.299 e. The fraction of sp³-hybridized carbons (Fsp3) is 0.700. The molecule has 0 aromatic carbocycles. The zero-order valence-corrected chi connectivity index (χ0v) is 15.5. The Morgan fingerprint density at radius 2 is 2.08 bits per heavy atom. The maximum atomic E-state index is 14.2. The predicted octanol–water partition coefficient (Wildman–Crippen LogP) is 5.77. The molecule has 25 heavy (non-hydrogen) atoms. The van der Waals surface area contributed by atoms with Crippen molar-refractivity contribution < 1.29 is 18.0 Å². The van der Waals surface area contributed by atoms with Gasteiger partial charge in [0, 0.05) is 19.0 Å². The average Bonchev–Trinajstić information content (AvgIpc) is 2.54. The molecule has 5 heteroatoms. The molecule has 2 rings (SSSR count). The fourth-order valence-electron chi connectivity index (χ4n) is 4.04. The molecule has 0 aliphatic heterocycles. The van der Waals surface area contributed by atoms with Crippen LogP contribution in [-0.2, 0) is 4.79 Å². The van der Waals surface area contributed by atoms with E-state index in [-0.39, 0.29) is 35.8 Å². The summed E-state index contributed by atoms with van der Waals surface area (Å²) in [5.41, 5.74) is -0.761. The number of rotatable bonds is 6. The zero-order chi connectivity index (χ0) is 18.8. The number of Topliss-reactive ketones (excluding diaryl/α,β-unsaturated/α-hetero) is 1. The van der Waals surface area contributed by atoms with Crippen molar-refractivity contribution in [2.45, 2.75) is 71.6 Å². The van der Waals surface area contributed by atoms with Crippen LogP contribution in [0.4, 0.5) is 13.2 Å². The van der Waals surface area contributed by atoms with Gasteiger partial charge in [-0.3, -0.25) is 9.78 Å². The van der Waals surface area contributed by atoms with Gasteiger partial charge in [0.05, 0.1) is 11.6 Å². The van der Waals surface area contributed by atoms with Crippen LogP contribution in [0, 0.1) is 23.1 Å². The van der Waals surface area contributed by atoms with Gasteiger partial charge in [-0.2, -0.15) is 0 Å². The van der Waals surface area contributed by atoms with Crippen molar-refractivity contribution in [3.63, 3.8) is 0 Å². The van der Waals surface area contributed by atoms with E-state index in [0.717, 1.165) is 25.3 Å². The van der Waals surface area contributed by atoms with Gasteiger partial charge in [-0.25, -0.2) is 13.2 Å². The molecule has 0 radical (unpaired) electrons. The number of hydrogen-bond acceptors (Lipinski definition) is 2. The molecule has 2 unspecified atom stereocenters. The lowest BCUT2D eigenvalue weighted by molar-refractivity contribution is -0.167. The van der Waals surface area contributed by atoms with Gasteiger partial charge in [0.25, 0.3) is 5.92 Å². The van der Waals surface area contributed by atoms with Gasteiger partial charge >= 0.3 is 0 Å². The number of carbonyl (C=O) groups excluding carboxylic acids is 1. The molecular weight excluding hydrogens is 327 g/mol. The summed E-state index contributed by atoms with van der Waals surface area (Å²) in [5, 5.41) is 0. The minimum atomic E-state index is -3.02. The van der Waals surface area contributed by atoms with Crippen molar-refractivity contribution in [1.29, 1.82) is 0 Å². The summed E-state index contributed by atoms with van der Waals surface area (Å²) >= 11 is 0. The first-order valence-corrected chi connectivity index (χ1v) is 9.11. The Balaban J connectivity index is 2.07. The van der Waals surface area contributed by atoms with Crippen molar-refractivity contribution >= 4 is 5.78 Å². The maximum absolute atomic E-state index is 14.2. The Kier molecular flexibility index (Phi) is 5.95. The van der Waals surface area contributed by atoms with Gasteiger partial charge < -0.3 is 0 Å². The first-order chi connectivity index (χ1) is 11.6. The zero-order valence-electron chi connectivity index (χ0n) is 15.5. The van der Waals surface area contributed by atoms with Gasteiger partial charge in [0.1, 0.15) is 11.6 Å². The molecule has 0 bridgehead atoms. The summed E-state index contributed by atoms with van der Waals surface area (Å²) in [4.78, 5) is 16.4. The van der Waals surface area contributed by atoms with E-state index in [4.69, 9.17) is 0 Å². The van der Waals surface area contributed by atoms with Gasteiger partial charge in [0.2, 0.25) is 0 Å². The van der Waals surface area contributed by atoms with E-state index in [2.05, 4.69) is 4.98 Å². The van der Waals surface area contributed by atoms with E-state index < -0.39 is 11.3 Å². The highest BCUT2D eigenvalue weighted by atomic mass is 19.3.